The van der Waals surface area contributed by atoms with E-state index in [9.17, 15) is 4.79 Å². The van der Waals surface area contributed by atoms with Crippen molar-refractivity contribution in [3.8, 4) is 11.5 Å². The van der Waals surface area contributed by atoms with Crippen LogP contribution in [0.3, 0.4) is 0 Å². The molecule has 0 fully saturated rings. The lowest BCUT2D eigenvalue weighted by Gasteiger charge is -2.34. The summed E-state index contributed by atoms with van der Waals surface area (Å²) in [7, 11) is 0. The minimum absolute atomic E-state index is 0.187. The van der Waals surface area contributed by atoms with Crippen LogP contribution in [0.4, 0.5) is 0 Å². The van der Waals surface area contributed by atoms with Crippen molar-refractivity contribution >= 4 is 44.5 Å². The third-order valence-corrected chi connectivity index (χ3v) is 7.47. The summed E-state index contributed by atoms with van der Waals surface area (Å²) in [6.45, 7) is 4.92. The van der Waals surface area contributed by atoms with Gasteiger partial charge in [0.25, 0.3) is 5.91 Å². The van der Waals surface area contributed by atoms with Gasteiger partial charge in [0.2, 0.25) is 0 Å². The fourth-order valence-electron chi connectivity index (χ4n) is 4.18. The molecule has 0 spiro atoms. The Morgan fingerprint density at radius 3 is 2.62 bits per heavy atom. The van der Waals surface area contributed by atoms with Crippen molar-refractivity contribution in [3.63, 3.8) is 0 Å². The molecule has 0 saturated heterocycles. The Morgan fingerprint density at radius 2 is 1.84 bits per heavy atom. The molecular formula is C28H27BrN4O3S. The van der Waals surface area contributed by atoms with Crippen LogP contribution in [0.25, 0.3) is 5.70 Å². The van der Waals surface area contributed by atoms with Crippen LogP contribution in [0.15, 0.2) is 81.3 Å². The first-order valence-electron chi connectivity index (χ1n) is 12.2. The fourth-order valence-corrected chi connectivity index (χ4v) is 5.46. The summed E-state index contributed by atoms with van der Waals surface area (Å²) in [5, 5.41) is 11.6. The summed E-state index contributed by atoms with van der Waals surface area (Å²) in [5.74, 6) is 1.89. The van der Waals surface area contributed by atoms with Gasteiger partial charge in [0.15, 0.2) is 22.8 Å². The summed E-state index contributed by atoms with van der Waals surface area (Å²) in [6.07, 6.45) is 0.425. The maximum absolute atomic E-state index is 13.3. The number of hydrogen-bond acceptors (Lipinski definition) is 7. The van der Waals surface area contributed by atoms with E-state index in [0.717, 1.165) is 38.3 Å². The zero-order valence-corrected chi connectivity index (χ0v) is 23.0. The summed E-state index contributed by atoms with van der Waals surface area (Å²) >= 11 is 5.22. The maximum atomic E-state index is 13.3. The number of benzene rings is 3. The number of carbonyl (C=O) groups excluding carboxylic acids is 1. The number of carbonyl (C=O) groups is 1. The van der Waals surface area contributed by atoms with Crippen molar-refractivity contribution < 1.29 is 14.3 Å². The van der Waals surface area contributed by atoms with Crippen LogP contribution < -0.4 is 25.4 Å². The lowest BCUT2D eigenvalue weighted by atomic mass is 10.1. The second-order valence-electron chi connectivity index (χ2n) is 8.46. The minimum atomic E-state index is -0.549. The van der Waals surface area contributed by atoms with Gasteiger partial charge < -0.3 is 9.47 Å². The number of nitrogens with zero attached hydrogens (tertiary/aromatic N) is 3. The van der Waals surface area contributed by atoms with Crippen LogP contribution in [0.1, 0.15) is 37.6 Å². The highest BCUT2D eigenvalue weighted by Gasteiger charge is 2.35. The van der Waals surface area contributed by atoms with Gasteiger partial charge in [-0.1, -0.05) is 67.2 Å². The van der Waals surface area contributed by atoms with Crippen LogP contribution in [0, 0.1) is 0 Å². The molecule has 5 rings (SSSR count). The quantitative estimate of drug-likeness (QED) is 0.419. The number of halogens is 1. The molecule has 1 unspecified atom stereocenters. The van der Waals surface area contributed by atoms with E-state index in [1.54, 1.807) is 5.01 Å². The number of nitrogens with one attached hydrogen (secondary N) is 1. The van der Waals surface area contributed by atoms with Crippen LogP contribution in [-0.4, -0.2) is 28.4 Å². The Morgan fingerprint density at radius 1 is 1.05 bits per heavy atom. The number of para-hydroxylation sites is 1. The molecule has 37 heavy (non-hydrogen) atoms. The van der Waals surface area contributed by atoms with Gasteiger partial charge in [-0.3, -0.25) is 15.1 Å². The Balaban J connectivity index is 1.58. The first-order chi connectivity index (χ1) is 18.1. The summed E-state index contributed by atoms with van der Waals surface area (Å²) < 4.78 is 12.9. The molecule has 9 heteroatoms. The van der Waals surface area contributed by atoms with Crippen molar-refractivity contribution in [1.82, 2.24) is 10.3 Å². The van der Waals surface area contributed by atoms with E-state index in [4.69, 9.17) is 19.6 Å². The van der Waals surface area contributed by atoms with E-state index in [-0.39, 0.29) is 5.91 Å². The number of ether oxygens (including phenoxy) is 2. The Kier molecular flexibility index (Phi) is 7.81. The van der Waals surface area contributed by atoms with Crippen LogP contribution in [0.2, 0.25) is 0 Å². The normalized spacial score (nSPS) is 16.2. The monoisotopic (exact) mass is 578 g/mol. The lowest BCUT2D eigenvalue weighted by Crippen LogP contribution is -2.50. The van der Waals surface area contributed by atoms with Gasteiger partial charge in [0.1, 0.15) is 12.3 Å². The number of thioether (sulfide) groups is 1. The molecule has 1 N–H and O–H groups in total. The predicted octanol–water partition coefficient (Wildman–Crippen LogP) is 4.71. The molecule has 1 atom stereocenters. The first kappa shape index (κ1) is 25.4. The number of amides is 1. The molecule has 2 heterocycles. The van der Waals surface area contributed by atoms with Crippen molar-refractivity contribution in [3.05, 3.63) is 92.9 Å². The molecule has 1 amide bonds. The van der Waals surface area contributed by atoms with Gasteiger partial charge in [-0.25, -0.2) is 5.01 Å². The number of hydrazone groups is 1. The molecule has 0 aliphatic carbocycles. The topological polar surface area (TPSA) is 75.5 Å². The highest BCUT2D eigenvalue weighted by molar-refractivity contribution is 9.10. The smallest absolute Gasteiger partial charge is 0.276 e. The second kappa shape index (κ2) is 11.4. The van der Waals surface area contributed by atoms with Crippen molar-refractivity contribution in [2.45, 2.75) is 33.0 Å². The minimum Gasteiger partial charge on any atom is -0.490 e. The van der Waals surface area contributed by atoms with E-state index < -0.39 is 6.17 Å². The standard InChI is InChI=1S/C28H27BrN4O3S/c1-3-14-37-28-31-27(34)24-20-12-8-9-13-22(20)30-26(33(24)32-28)19-15-21(29)25(23(16-19)35-4-2)36-17-18-10-6-5-7-11-18/h5-13,15-16,26H,3-4,14,17H2,1-2H3,(H,31,32,34). The molecule has 7 nitrogen and oxygen atoms in total. The first-order valence-corrected chi connectivity index (χ1v) is 14.0. The third-order valence-electron chi connectivity index (χ3n) is 5.81. The lowest BCUT2D eigenvalue weighted by molar-refractivity contribution is -0.116. The highest BCUT2D eigenvalue weighted by Crippen LogP contribution is 2.41. The van der Waals surface area contributed by atoms with Crippen molar-refractivity contribution in [1.29, 1.82) is 0 Å². The van der Waals surface area contributed by atoms with Crippen LogP contribution >= 0.6 is 27.7 Å². The van der Waals surface area contributed by atoms with E-state index >= 15 is 0 Å². The summed E-state index contributed by atoms with van der Waals surface area (Å²) in [6, 6.07) is 21.5. The average molecular weight is 580 g/mol. The Bertz CT molecular complexity index is 1460. The average Bonchev–Trinajstić information content (AvgIpc) is 2.91. The van der Waals surface area contributed by atoms with Gasteiger partial charge in [-0.2, -0.15) is 0 Å². The number of amidine groups is 1. The van der Waals surface area contributed by atoms with Gasteiger partial charge in [-0.15, -0.1) is 5.10 Å². The molecule has 3 aromatic rings. The molecule has 0 bridgehead atoms. The van der Waals surface area contributed by atoms with E-state index in [1.807, 2.05) is 73.7 Å². The Labute approximate surface area is 228 Å². The maximum Gasteiger partial charge on any atom is 0.276 e. The number of rotatable bonds is 8. The highest BCUT2D eigenvalue weighted by atomic mass is 79.9. The van der Waals surface area contributed by atoms with Gasteiger partial charge in [0.05, 0.1) is 16.4 Å². The van der Waals surface area contributed by atoms with Gasteiger partial charge in [-0.05, 0) is 53.0 Å². The van der Waals surface area contributed by atoms with Crippen LogP contribution in [0.5, 0.6) is 11.5 Å². The van der Waals surface area contributed by atoms with E-state index in [2.05, 4.69) is 28.2 Å². The van der Waals surface area contributed by atoms with E-state index in [1.165, 1.54) is 11.8 Å². The molecule has 0 aromatic heterocycles. The zero-order chi connectivity index (χ0) is 25.8. The molecule has 2 aliphatic heterocycles. The predicted molar refractivity (Wildman–Crippen MR) is 150 cm³/mol. The molecule has 2 aliphatic rings. The molecule has 190 valence electrons. The SMILES string of the molecule is CCCSC1=NN2C(=c3ccccc3=NC2c2cc(Br)c(OCc3ccccc3)c(OCC)c2)C(=O)N1. The van der Waals surface area contributed by atoms with Crippen molar-refractivity contribution in [2.24, 2.45) is 10.1 Å². The summed E-state index contributed by atoms with van der Waals surface area (Å²) in [4.78, 5) is 18.3. The zero-order valence-electron chi connectivity index (χ0n) is 20.6. The van der Waals surface area contributed by atoms with Gasteiger partial charge in [0, 0.05) is 16.5 Å². The fraction of sp³-hybridized carbons (Fsp3) is 0.250. The Hall–Kier alpha value is -3.30. The van der Waals surface area contributed by atoms with Crippen LogP contribution in [-0.2, 0) is 11.4 Å². The largest absolute Gasteiger partial charge is 0.490 e. The molecular weight excluding hydrogens is 552 g/mol. The molecule has 3 aromatic carbocycles. The summed E-state index contributed by atoms with van der Waals surface area (Å²) in [5.41, 5.74) is 2.37. The molecule has 0 radical (unpaired) electrons. The van der Waals surface area contributed by atoms with E-state index in [0.29, 0.717) is 35.6 Å². The number of fused-ring (bicyclic) bond motifs is 2. The van der Waals surface area contributed by atoms with Gasteiger partial charge >= 0.3 is 0 Å². The molecule has 0 saturated carbocycles. The second-order valence-corrected chi connectivity index (χ2v) is 10.4. The third kappa shape index (κ3) is 5.38. The number of hydrogen-bond donors (Lipinski definition) is 1. The van der Waals surface area contributed by atoms with Crippen molar-refractivity contribution in [2.75, 3.05) is 12.4 Å².